The molecule has 28 heavy (non-hydrogen) atoms. The first-order valence-electron chi connectivity index (χ1n) is 8.65. The van der Waals surface area contributed by atoms with Crippen molar-refractivity contribution in [3.8, 4) is 23.0 Å². The summed E-state index contributed by atoms with van der Waals surface area (Å²) in [5.41, 5.74) is 1.35. The van der Waals surface area contributed by atoms with E-state index in [2.05, 4.69) is 20.5 Å². The van der Waals surface area contributed by atoms with E-state index in [0.717, 1.165) is 5.69 Å². The standard InChI is InChI=1S/C19H21N5O3S/c1-4-24-18(16-7-5-6-8-20-16)22-23-19(24)28-12-17(25)21-13-9-14(26-2)11-15(10-13)27-3/h5-11H,4,12H2,1-3H3,(H,21,25). The molecule has 2 heterocycles. The summed E-state index contributed by atoms with van der Waals surface area (Å²) in [5.74, 6) is 1.93. The molecule has 0 spiro atoms. The summed E-state index contributed by atoms with van der Waals surface area (Å²) in [4.78, 5) is 16.7. The number of methoxy groups -OCH3 is 2. The summed E-state index contributed by atoms with van der Waals surface area (Å²) >= 11 is 1.32. The third-order valence-corrected chi connectivity index (χ3v) is 4.86. The highest BCUT2D eigenvalue weighted by Gasteiger charge is 2.15. The Morgan fingerprint density at radius 3 is 2.50 bits per heavy atom. The molecule has 0 fully saturated rings. The first-order chi connectivity index (χ1) is 13.6. The lowest BCUT2D eigenvalue weighted by molar-refractivity contribution is -0.113. The number of aromatic nitrogens is 4. The second-order valence-corrected chi connectivity index (χ2v) is 6.65. The molecule has 2 aromatic heterocycles. The average molecular weight is 399 g/mol. The number of nitrogens with one attached hydrogen (secondary N) is 1. The van der Waals surface area contributed by atoms with E-state index >= 15 is 0 Å². The van der Waals surface area contributed by atoms with E-state index in [0.29, 0.717) is 34.7 Å². The minimum absolute atomic E-state index is 0.162. The number of nitrogens with zero attached hydrogens (tertiary/aromatic N) is 4. The molecule has 0 saturated heterocycles. The van der Waals surface area contributed by atoms with E-state index in [-0.39, 0.29) is 11.7 Å². The van der Waals surface area contributed by atoms with Gasteiger partial charge in [-0.25, -0.2) is 0 Å². The second kappa shape index (κ2) is 9.23. The summed E-state index contributed by atoms with van der Waals surface area (Å²) in [5, 5.41) is 12.0. The second-order valence-electron chi connectivity index (χ2n) is 5.70. The van der Waals surface area contributed by atoms with E-state index < -0.39 is 0 Å². The van der Waals surface area contributed by atoms with Crippen LogP contribution in [0.5, 0.6) is 11.5 Å². The number of amides is 1. The number of anilines is 1. The fraction of sp³-hybridized carbons (Fsp3) is 0.263. The topological polar surface area (TPSA) is 91.2 Å². The molecule has 0 saturated carbocycles. The van der Waals surface area contributed by atoms with Gasteiger partial charge in [-0.15, -0.1) is 10.2 Å². The largest absolute Gasteiger partial charge is 0.497 e. The molecule has 8 nitrogen and oxygen atoms in total. The van der Waals surface area contributed by atoms with Gasteiger partial charge in [0, 0.05) is 36.6 Å². The normalized spacial score (nSPS) is 10.5. The van der Waals surface area contributed by atoms with Crippen LogP contribution in [0.15, 0.2) is 47.8 Å². The number of ether oxygens (including phenoxy) is 2. The molecule has 1 aromatic carbocycles. The van der Waals surface area contributed by atoms with Crippen LogP contribution in [0.1, 0.15) is 6.92 Å². The maximum atomic E-state index is 12.4. The van der Waals surface area contributed by atoms with E-state index in [1.165, 1.54) is 11.8 Å². The van der Waals surface area contributed by atoms with Gasteiger partial charge in [0.15, 0.2) is 11.0 Å². The molecule has 3 aromatic rings. The quantitative estimate of drug-likeness (QED) is 0.582. The van der Waals surface area contributed by atoms with Gasteiger partial charge in [-0.2, -0.15) is 0 Å². The number of benzene rings is 1. The number of carbonyl (C=O) groups excluding carboxylic acids is 1. The Balaban J connectivity index is 1.68. The van der Waals surface area contributed by atoms with Crippen LogP contribution >= 0.6 is 11.8 Å². The maximum absolute atomic E-state index is 12.4. The van der Waals surface area contributed by atoms with Crippen molar-refractivity contribution in [1.82, 2.24) is 19.7 Å². The Kier molecular flexibility index (Phi) is 6.49. The predicted octanol–water partition coefficient (Wildman–Crippen LogP) is 3.11. The molecule has 0 bridgehead atoms. The molecule has 0 aliphatic rings. The Bertz CT molecular complexity index is 924. The highest BCUT2D eigenvalue weighted by Crippen LogP contribution is 2.26. The molecule has 0 unspecified atom stereocenters. The molecule has 0 aliphatic carbocycles. The monoisotopic (exact) mass is 399 g/mol. The van der Waals surface area contributed by atoms with Gasteiger partial charge in [-0.05, 0) is 19.1 Å². The number of thioether (sulfide) groups is 1. The average Bonchev–Trinajstić information content (AvgIpc) is 3.15. The van der Waals surface area contributed by atoms with Gasteiger partial charge in [0.2, 0.25) is 5.91 Å². The van der Waals surface area contributed by atoms with Gasteiger partial charge in [0.1, 0.15) is 17.2 Å². The van der Waals surface area contributed by atoms with Gasteiger partial charge in [-0.3, -0.25) is 9.78 Å². The molecule has 146 valence electrons. The number of rotatable bonds is 8. The molecule has 0 radical (unpaired) electrons. The van der Waals surface area contributed by atoms with Gasteiger partial charge < -0.3 is 19.4 Å². The van der Waals surface area contributed by atoms with Crippen LogP contribution in [0.2, 0.25) is 0 Å². The lowest BCUT2D eigenvalue weighted by Gasteiger charge is -2.10. The number of carbonyl (C=O) groups is 1. The number of hydrogen-bond acceptors (Lipinski definition) is 7. The van der Waals surface area contributed by atoms with Crippen LogP contribution in [-0.4, -0.2) is 45.6 Å². The lowest BCUT2D eigenvalue weighted by Crippen LogP contribution is -2.14. The first-order valence-corrected chi connectivity index (χ1v) is 9.63. The van der Waals surface area contributed by atoms with Crippen molar-refractivity contribution in [3.63, 3.8) is 0 Å². The molecule has 0 atom stereocenters. The summed E-state index contributed by atoms with van der Waals surface area (Å²) in [6.45, 7) is 2.68. The smallest absolute Gasteiger partial charge is 0.234 e. The summed E-state index contributed by atoms with van der Waals surface area (Å²) in [6, 6.07) is 10.8. The zero-order valence-corrected chi connectivity index (χ0v) is 16.7. The minimum atomic E-state index is -0.162. The molecule has 3 rings (SSSR count). The summed E-state index contributed by atoms with van der Waals surface area (Å²) in [6.07, 6.45) is 1.71. The molecular weight excluding hydrogens is 378 g/mol. The number of pyridine rings is 1. The summed E-state index contributed by atoms with van der Waals surface area (Å²) < 4.78 is 12.4. The van der Waals surface area contributed by atoms with Crippen molar-refractivity contribution in [2.75, 3.05) is 25.3 Å². The SMILES string of the molecule is CCn1c(SCC(=O)Nc2cc(OC)cc(OC)c2)nnc1-c1ccccn1. The van der Waals surface area contributed by atoms with Crippen molar-refractivity contribution in [1.29, 1.82) is 0 Å². The van der Waals surface area contributed by atoms with Crippen molar-refractivity contribution in [2.45, 2.75) is 18.6 Å². The van der Waals surface area contributed by atoms with Crippen LogP contribution in [-0.2, 0) is 11.3 Å². The highest BCUT2D eigenvalue weighted by atomic mass is 32.2. The first kappa shape index (κ1) is 19.7. The molecule has 0 aliphatic heterocycles. The van der Waals surface area contributed by atoms with Crippen LogP contribution < -0.4 is 14.8 Å². The van der Waals surface area contributed by atoms with Crippen molar-refractivity contribution in [3.05, 3.63) is 42.6 Å². The van der Waals surface area contributed by atoms with E-state index in [9.17, 15) is 4.79 Å². The van der Waals surface area contributed by atoms with E-state index in [4.69, 9.17) is 9.47 Å². The highest BCUT2D eigenvalue weighted by molar-refractivity contribution is 7.99. The molecular formula is C19H21N5O3S. The Labute approximate surface area is 167 Å². The zero-order chi connectivity index (χ0) is 19.9. The van der Waals surface area contributed by atoms with Crippen LogP contribution in [0.4, 0.5) is 5.69 Å². The third-order valence-electron chi connectivity index (χ3n) is 3.89. The Morgan fingerprint density at radius 1 is 1.14 bits per heavy atom. The van der Waals surface area contributed by atoms with E-state index in [1.54, 1.807) is 38.6 Å². The van der Waals surface area contributed by atoms with Gasteiger partial charge >= 0.3 is 0 Å². The Hall–Kier alpha value is -3.07. The Morgan fingerprint density at radius 2 is 1.89 bits per heavy atom. The molecule has 1 N–H and O–H groups in total. The van der Waals surface area contributed by atoms with Crippen molar-refractivity contribution in [2.24, 2.45) is 0 Å². The predicted molar refractivity (Wildman–Crippen MR) is 108 cm³/mol. The van der Waals surface area contributed by atoms with Crippen LogP contribution in [0.25, 0.3) is 11.5 Å². The van der Waals surface area contributed by atoms with E-state index in [1.807, 2.05) is 29.7 Å². The lowest BCUT2D eigenvalue weighted by atomic mass is 10.2. The summed E-state index contributed by atoms with van der Waals surface area (Å²) in [7, 11) is 3.12. The zero-order valence-electron chi connectivity index (χ0n) is 15.9. The number of hydrogen-bond donors (Lipinski definition) is 1. The molecule has 1 amide bonds. The third kappa shape index (κ3) is 4.61. The van der Waals surface area contributed by atoms with Gasteiger partial charge in [-0.1, -0.05) is 17.8 Å². The van der Waals surface area contributed by atoms with Crippen LogP contribution in [0, 0.1) is 0 Å². The fourth-order valence-electron chi connectivity index (χ4n) is 2.57. The maximum Gasteiger partial charge on any atom is 0.234 e. The minimum Gasteiger partial charge on any atom is -0.497 e. The fourth-order valence-corrected chi connectivity index (χ4v) is 3.37. The van der Waals surface area contributed by atoms with Crippen molar-refractivity contribution >= 4 is 23.4 Å². The molecule has 9 heteroatoms. The van der Waals surface area contributed by atoms with Gasteiger partial charge in [0.05, 0.1) is 20.0 Å². The van der Waals surface area contributed by atoms with Gasteiger partial charge in [0.25, 0.3) is 0 Å². The van der Waals surface area contributed by atoms with Crippen molar-refractivity contribution < 1.29 is 14.3 Å². The van der Waals surface area contributed by atoms with Crippen LogP contribution in [0.3, 0.4) is 0 Å².